The van der Waals surface area contributed by atoms with E-state index in [2.05, 4.69) is 10.2 Å². The normalized spacial score (nSPS) is 27.6. The highest BCUT2D eigenvalue weighted by molar-refractivity contribution is 5.78. The van der Waals surface area contributed by atoms with Gasteiger partial charge in [-0.15, -0.1) is 0 Å². The second-order valence-electron chi connectivity index (χ2n) is 6.42. The largest absolute Gasteiger partial charge is 0.390 e. The maximum Gasteiger partial charge on any atom is 0.234 e. The lowest BCUT2D eigenvalue weighted by atomic mass is 9.98. The van der Waals surface area contributed by atoms with E-state index < -0.39 is 5.60 Å². The summed E-state index contributed by atoms with van der Waals surface area (Å²) in [5, 5.41) is 12.9. The summed E-state index contributed by atoms with van der Waals surface area (Å²) in [6.07, 6.45) is 2.52. The van der Waals surface area contributed by atoms with Gasteiger partial charge in [0.1, 0.15) is 0 Å². The summed E-state index contributed by atoms with van der Waals surface area (Å²) in [6.45, 7) is 9.96. The first-order valence-corrected chi connectivity index (χ1v) is 6.44. The van der Waals surface area contributed by atoms with Crippen molar-refractivity contribution in [2.24, 2.45) is 0 Å². The summed E-state index contributed by atoms with van der Waals surface area (Å²) < 4.78 is 0. The molecule has 0 aromatic carbocycles. The van der Waals surface area contributed by atoms with Crippen molar-refractivity contribution in [3.63, 3.8) is 0 Å². The Kier molecular flexibility index (Phi) is 4.55. The van der Waals surface area contributed by atoms with E-state index in [1.54, 1.807) is 0 Å². The van der Waals surface area contributed by atoms with Gasteiger partial charge in [0.05, 0.1) is 12.1 Å². The molecule has 1 rings (SSSR count). The van der Waals surface area contributed by atoms with Crippen molar-refractivity contribution in [1.82, 2.24) is 10.2 Å². The summed E-state index contributed by atoms with van der Waals surface area (Å²) >= 11 is 0. The summed E-state index contributed by atoms with van der Waals surface area (Å²) in [7, 11) is 0. The third-order valence-corrected chi connectivity index (χ3v) is 3.04. The predicted octanol–water partition coefficient (Wildman–Crippen LogP) is 1.14. The van der Waals surface area contributed by atoms with Crippen LogP contribution in [0.3, 0.4) is 0 Å². The lowest BCUT2D eigenvalue weighted by Crippen LogP contribution is -2.46. The molecule has 1 amide bonds. The molecule has 1 heterocycles. The van der Waals surface area contributed by atoms with Gasteiger partial charge in [-0.25, -0.2) is 0 Å². The number of nitrogens with one attached hydrogen (secondary N) is 1. The molecule has 2 N–H and O–H groups in total. The smallest absolute Gasteiger partial charge is 0.234 e. The van der Waals surface area contributed by atoms with E-state index in [9.17, 15) is 9.90 Å². The Balaban J connectivity index is 2.39. The number of likely N-dealkylation sites (tertiary alicyclic amines) is 1. The number of hydrogen-bond donors (Lipinski definition) is 2. The number of nitrogens with zero attached hydrogens (tertiary/aromatic N) is 1. The van der Waals surface area contributed by atoms with Gasteiger partial charge in [0.2, 0.25) is 5.91 Å². The Hall–Kier alpha value is -0.610. The van der Waals surface area contributed by atoms with Gasteiger partial charge in [0.15, 0.2) is 0 Å². The third kappa shape index (κ3) is 6.03. The van der Waals surface area contributed by atoms with Gasteiger partial charge in [-0.05, 0) is 53.5 Å². The van der Waals surface area contributed by atoms with Gasteiger partial charge < -0.3 is 10.4 Å². The number of carbonyl (C=O) groups excluding carboxylic acids is 1. The van der Waals surface area contributed by atoms with Crippen LogP contribution in [-0.4, -0.2) is 46.7 Å². The minimum Gasteiger partial charge on any atom is -0.390 e. The van der Waals surface area contributed by atoms with Gasteiger partial charge >= 0.3 is 0 Å². The SMILES string of the molecule is CC1(O)CCCN(CC(=O)NC(C)(C)C)CC1. The zero-order valence-corrected chi connectivity index (χ0v) is 11.5. The zero-order valence-electron chi connectivity index (χ0n) is 11.5. The fourth-order valence-corrected chi connectivity index (χ4v) is 2.14. The van der Waals surface area contributed by atoms with Crippen LogP contribution in [0.1, 0.15) is 47.0 Å². The molecule has 0 aromatic rings. The van der Waals surface area contributed by atoms with E-state index in [0.717, 1.165) is 32.4 Å². The number of amides is 1. The molecule has 1 unspecified atom stereocenters. The molecule has 17 heavy (non-hydrogen) atoms. The maximum absolute atomic E-state index is 11.8. The fourth-order valence-electron chi connectivity index (χ4n) is 2.14. The van der Waals surface area contributed by atoms with Crippen LogP contribution < -0.4 is 5.32 Å². The van der Waals surface area contributed by atoms with Crippen LogP contribution in [0, 0.1) is 0 Å². The maximum atomic E-state index is 11.8. The van der Waals surface area contributed by atoms with E-state index in [1.807, 2.05) is 27.7 Å². The highest BCUT2D eigenvalue weighted by atomic mass is 16.3. The van der Waals surface area contributed by atoms with Crippen LogP contribution in [-0.2, 0) is 4.79 Å². The Morgan fingerprint density at radius 1 is 1.35 bits per heavy atom. The minimum atomic E-state index is -0.560. The van der Waals surface area contributed by atoms with Crippen LogP contribution in [0.25, 0.3) is 0 Å². The molecule has 1 fully saturated rings. The van der Waals surface area contributed by atoms with Crippen LogP contribution >= 0.6 is 0 Å². The lowest BCUT2D eigenvalue weighted by Gasteiger charge is -2.25. The van der Waals surface area contributed by atoms with Gasteiger partial charge in [-0.2, -0.15) is 0 Å². The van der Waals surface area contributed by atoms with E-state index in [4.69, 9.17) is 0 Å². The van der Waals surface area contributed by atoms with Crippen molar-refractivity contribution >= 4 is 5.91 Å². The number of hydrogen-bond acceptors (Lipinski definition) is 3. The van der Waals surface area contributed by atoms with E-state index in [1.165, 1.54) is 0 Å². The third-order valence-electron chi connectivity index (χ3n) is 3.04. The Morgan fingerprint density at radius 3 is 2.59 bits per heavy atom. The van der Waals surface area contributed by atoms with E-state index in [-0.39, 0.29) is 11.4 Å². The summed E-state index contributed by atoms with van der Waals surface area (Å²) in [5.41, 5.74) is -0.732. The summed E-state index contributed by atoms with van der Waals surface area (Å²) in [6, 6.07) is 0. The van der Waals surface area contributed by atoms with Crippen molar-refractivity contribution in [1.29, 1.82) is 0 Å². The molecule has 0 saturated carbocycles. The molecule has 1 aliphatic rings. The highest BCUT2D eigenvalue weighted by Gasteiger charge is 2.26. The minimum absolute atomic E-state index is 0.0686. The monoisotopic (exact) mass is 242 g/mol. The topological polar surface area (TPSA) is 52.6 Å². The van der Waals surface area contributed by atoms with E-state index in [0.29, 0.717) is 6.54 Å². The molecule has 4 heteroatoms. The Labute approximate surface area is 104 Å². The fraction of sp³-hybridized carbons (Fsp3) is 0.923. The van der Waals surface area contributed by atoms with Gasteiger partial charge in [-0.1, -0.05) is 0 Å². The molecule has 0 spiro atoms. The predicted molar refractivity (Wildman–Crippen MR) is 68.8 cm³/mol. The number of rotatable bonds is 2. The molecule has 0 radical (unpaired) electrons. The average molecular weight is 242 g/mol. The molecule has 0 aromatic heterocycles. The molecule has 100 valence electrons. The van der Waals surface area contributed by atoms with Crippen LogP contribution in [0.2, 0.25) is 0 Å². The summed E-state index contributed by atoms with van der Waals surface area (Å²) in [5.74, 6) is 0.0686. The molecule has 0 aliphatic carbocycles. The van der Waals surface area contributed by atoms with E-state index >= 15 is 0 Å². The highest BCUT2D eigenvalue weighted by Crippen LogP contribution is 2.21. The van der Waals surface area contributed by atoms with Gasteiger partial charge in [0.25, 0.3) is 0 Å². The number of carbonyl (C=O) groups is 1. The zero-order chi connectivity index (χ0) is 13.1. The lowest BCUT2D eigenvalue weighted by molar-refractivity contribution is -0.123. The van der Waals surface area contributed by atoms with Gasteiger partial charge in [-0.3, -0.25) is 9.69 Å². The second kappa shape index (κ2) is 5.36. The number of aliphatic hydroxyl groups is 1. The first-order chi connectivity index (χ1) is 7.68. The second-order valence-corrected chi connectivity index (χ2v) is 6.42. The van der Waals surface area contributed by atoms with Crippen molar-refractivity contribution in [3.05, 3.63) is 0 Å². The quantitative estimate of drug-likeness (QED) is 0.763. The molecular formula is C13H26N2O2. The van der Waals surface area contributed by atoms with Gasteiger partial charge in [0, 0.05) is 12.1 Å². The molecule has 0 bridgehead atoms. The Morgan fingerprint density at radius 2 is 2.00 bits per heavy atom. The van der Waals surface area contributed by atoms with Crippen molar-refractivity contribution in [3.8, 4) is 0 Å². The molecule has 1 aliphatic heterocycles. The Bertz CT molecular complexity index is 269. The standard InChI is InChI=1S/C13H26N2O2/c1-12(2,3)14-11(16)10-15-8-5-6-13(4,17)7-9-15/h17H,5-10H2,1-4H3,(H,14,16). The molecule has 1 atom stereocenters. The van der Waals surface area contributed by atoms with Crippen LogP contribution in [0.4, 0.5) is 0 Å². The molecular weight excluding hydrogens is 216 g/mol. The van der Waals surface area contributed by atoms with Crippen molar-refractivity contribution in [2.75, 3.05) is 19.6 Å². The van der Waals surface area contributed by atoms with Crippen LogP contribution in [0.15, 0.2) is 0 Å². The first-order valence-electron chi connectivity index (χ1n) is 6.44. The molecule has 1 saturated heterocycles. The first kappa shape index (κ1) is 14.5. The van der Waals surface area contributed by atoms with Crippen molar-refractivity contribution in [2.45, 2.75) is 58.1 Å². The van der Waals surface area contributed by atoms with Crippen molar-refractivity contribution < 1.29 is 9.90 Å². The molecule has 4 nitrogen and oxygen atoms in total. The summed E-state index contributed by atoms with van der Waals surface area (Å²) in [4.78, 5) is 13.9. The van der Waals surface area contributed by atoms with Crippen LogP contribution in [0.5, 0.6) is 0 Å². The average Bonchev–Trinajstić information content (AvgIpc) is 2.24.